The Bertz CT molecular complexity index is 1470. The lowest BCUT2D eigenvalue weighted by atomic mass is 10.2. The van der Waals surface area contributed by atoms with Gasteiger partial charge in [0.2, 0.25) is 0 Å². The van der Waals surface area contributed by atoms with E-state index < -0.39 is 35.2 Å². The number of aromatic nitrogens is 2. The van der Waals surface area contributed by atoms with Crippen LogP contribution in [0.1, 0.15) is 31.3 Å². The molecule has 0 spiro atoms. The molecular weight excluding hydrogens is 476 g/mol. The normalized spacial score (nSPS) is 12.4. The highest BCUT2D eigenvalue weighted by Crippen LogP contribution is 2.31. The van der Waals surface area contributed by atoms with Gasteiger partial charge in [0.1, 0.15) is 11.6 Å². The molecule has 0 bridgehead atoms. The van der Waals surface area contributed by atoms with E-state index >= 15 is 0 Å². The van der Waals surface area contributed by atoms with Gasteiger partial charge in [0.05, 0.1) is 28.2 Å². The molecule has 1 atom stereocenters. The van der Waals surface area contributed by atoms with Crippen molar-refractivity contribution in [2.45, 2.75) is 26.1 Å². The van der Waals surface area contributed by atoms with Gasteiger partial charge in [-0.25, -0.2) is 14.2 Å². The molecule has 0 aliphatic heterocycles. The van der Waals surface area contributed by atoms with Gasteiger partial charge in [0.25, 0.3) is 5.56 Å². The quantitative estimate of drug-likeness (QED) is 0.335. The smallest absolute Gasteiger partial charge is 0.315 e. The summed E-state index contributed by atoms with van der Waals surface area (Å²) >= 11 is 0. The van der Waals surface area contributed by atoms with Crippen molar-refractivity contribution in [3.05, 3.63) is 100 Å². The lowest BCUT2D eigenvalue weighted by Crippen LogP contribution is -2.39. The van der Waals surface area contributed by atoms with E-state index in [4.69, 9.17) is 0 Å². The Morgan fingerprint density at radius 2 is 1.75 bits per heavy atom. The molecule has 4 aromatic rings. The van der Waals surface area contributed by atoms with E-state index in [9.17, 15) is 27.2 Å². The second-order valence-corrected chi connectivity index (χ2v) is 8.07. The Morgan fingerprint density at radius 3 is 2.42 bits per heavy atom. The van der Waals surface area contributed by atoms with Gasteiger partial charge in [-0.1, -0.05) is 18.2 Å². The third-order valence-corrected chi connectivity index (χ3v) is 5.77. The molecular formula is C26H22F4N4O2. The molecule has 2 amide bonds. The van der Waals surface area contributed by atoms with E-state index in [0.29, 0.717) is 16.6 Å². The van der Waals surface area contributed by atoms with Crippen LogP contribution in [-0.4, -0.2) is 27.0 Å². The lowest BCUT2D eigenvalue weighted by Gasteiger charge is -2.29. The molecule has 1 N–H and O–H groups in total. The average molecular weight is 498 g/mol. The zero-order valence-electron chi connectivity index (χ0n) is 19.4. The first kappa shape index (κ1) is 24.9. The number of urea groups is 1. The monoisotopic (exact) mass is 498 g/mol. The summed E-state index contributed by atoms with van der Waals surface area (Å²) in [7, 11) is 0. The van der Waals surface area contributed by atoms with E-state index in [1.807, 2.05) is 0 Å². The number of hydrogen-bond donors (Lipinski definition) is 1. The number of nitrogens with one attached hydrogen (secondary N) is 1. The largest absolute Gasteiger partial charge is 0.416 e. The molecule has 1 aromatic heterocycles. The molecule has 0 aliphatic rings. The summed E-state index contributed by atoms with van der Waals surface area (Å²) in [5.74, 6) is -0.267. The molecule has 10 heteroatoms. The third-order valence-electron chi connectivity index (χ3n) is 5.77. The van der Waals surface area contributed by atoms with E-state index in [1.165, 1.54) is 45.9 Å². The summed E-state index contributed by atoms with van der Waals surface area (Å²) in [6.07, 6.45) is -4.56. The molecule has 4 rings (SSSR count). The Balaban J connectivity index is 1.76. The predicted octanol–water partition coefficient (Wildman–Crippen LogP) is 6.16. The average Bonchev–Trinajstić information content (AvgIpc) is 2.85. The maximum atomic E-state index is 13.6. The van der Waals surface area contributed by atoms with Crippen molar-refractivity contribution >= 4 is 22.6 Å². The summed E-state index contributed by atoms with van der Waals surface area (Å²) < 4.78 is 54.2. The standard InChI is InChI=1S/C26H22F4N4O2/c1-3-33(25(36)31-19-8-6-7-17(15-19)26(28,29)30)16(2)23-32-22-10-5-4-9-21(22)24(35)34(23)20-13-11-18(27)12-14-20/h4-16H,3H2,1-2H3,(H,31,36). The molecule has 3 aromatic carbocycles. The first-order valence-electron chi connectivity index (χ1n) is 11.1. The van der Waals surface area contributed by atoms with Crippen LogP contribution in [0.4, 0.5) is 28.0 Å². The number of rotatable bonds is 5. The fourth-order valence-corrected chi connectivity index (χ4v) is 3.97. The topological polar surface area (TPSA) is 67.2 Å². The molecule has 0 saturated carbocycles. The Labute approximate surface area is 203 Å². The van der Waals surface area contributed by atoms with Gasteiger partial charge in [-0.15, -0.1) is 0 Å². The first-order valence-corrected chi connectivity index (χ1v) is 11.1. The first-order chi connectivity index (χ1) is 17.1. The van der Waals surface area contributed by atoms with Crippen molar-refractivity contribution in [3.8, 4) is 5.69 Å². The minimum atomic E-state index is -4.56. The number of carbonyl (C=O) groups excluding carboxylic acids is 1. The number of amides is 2. The zero-order chi connectivity index (χ0) is 26.0. The van der Waals surface area contributed by atoms with E-state index in [1.54, 1.807) is 38.1 Å². The second-order valence-electron chi connectivity index (χ2n) is 8.07. The Hall–Kier alpha value is -4.21. The maximum Gasteiger partial charge on any atom is 0.416 e. The van der Waals surface area contributed by atoms with Gasteiger partial charge < -0.3 is 10.2 Å². The molecule has 0 fully saturated rings. The van der Waals surface area contributed by atoms with Crippen molar-refractivity contribution in [3.63, 3.8) is 0 Å². The van der Waals surface area contributed by atoms with Crippen LogP contribution in [0, 0.1) is 5.82 Å². The Morgan fingerprint density at radius 1 is 1.06 bits per heavy atom. The Kier molecular flexibility index (Phi) is 6.78. The van der Waals surface area contributed by atoms with Gasteiger partial charge in [0.15, 0.2) is 0 Å². The summed E-state index contributed by atoms with van der Waals surface area (Å²) in [6.45, 7) is 3.52. The predicted molar refractivity (Wildman–Crippen MR) is 129 cm³/mol. The zero-order valence-corrected chi connectivity index (χ0v) is 19.4. The van der Waals surface area contributed by atoms with Crippen LogP contribution < -0.4 is 10.9 Å². The van der Waals surface area contributed by atoms with Crippen molar-refractivity contribution in [1.82, 2.24) is 14.5 Å². The summed E-state index contributed by atoms with van der Waals surface area (Å²) in [6, 6.07) is 14.9. The summed E-state index contributed by atoms with van der Waals surface area (Å²) in [4.78, 5) is 32.6. The number of alkyl halides is 3. The van der Waals surface area contributed by atoms with Crippen LogP contribution in [0.3, 0.4) is 0 Å². The second kappa shape index (κ2) is 9.80. The number of para-hydroxylation sites is 1. The van der Waals surface area contributed by atoms with Crippen LogP contribution in [0.5, 0.6) is 0 Å². The number of hydrogen-bond acceptors (Lipinski definition) is 3. The highest BCUT2D eigenvalue weighted by molar-refractivity contribution is 5.89. The molecule has 6 nitrogen and oxygen atoms in total. The van der Waals surface area contributed by atoms with Gasteiger partial charge in [-0.3, -0.25) is 9.36 Å². The van der Waals surface area contributed by atoms with E-state index in [0.717, 1.165) is 12.1 Å². The number of benzene rings is 3. The summed E-state index contributed by atoms with van der Waals surface area (Å²) in [5, 5.41) is 2.84. The van der Waals surface area contributed by atoms with Gasteiger partial charge >= 0.3 is 12.2 Å². The van der Waals surface area contributed by atoms with Crippen LogP contribution in [0.15, 0.2) is 77.6 Å². The molecule has 0 aliphatic carbocycles. The molecule has 1 unspecified atom stereocenters. The van der Waals surface area contributed by atoms with Crippen molar-refractivity contribution in [2.75, 3.05) is 11.9 Å². The third kappa shape index (κ3) is 4.93. The van der Waals surface area contributed by atoms with Gasteiger partial charge in [0, 0.05) is 12.2 Å². The summed E-state index contributed by atoms with van der Waals surface area (Å²) in [5.41, 5.74) is -0.545. The van der Waals surface area contributed by atoms with Crippen LogP contribution in [0.25, 0.3) is 16.6 Å². The maximum absolute atomic E-state index is 13.6. The number of halogens is 4. The number of carbonyl (C=O) groups is 1. The molecule has 186 valence electrons. The van der Waals surface area contributed by atoms with Crippen molar-refractivity contribution in [2.24, 2.45) is 0 Å². The number of nitrogens with zero attached hydrogens (tertiary/aromatic N) is 3. The fraction of sp³-hybridized carbons (Fsp3) is 0.192. The van der Waals surface area contributed by atoms with Crippen LogP contribution in [-0.2, 0) is 6.18 Å². The molecule has 0 saturated heterocycles. The highest BCUT2D eigenvalue weighted by atomic mass is 19.4. The van der Waals surface area contributed by atoms with Crippen molar-refractivity contribution < 1.29 is 22.4 Å². The molecule has 0 radical (unpaired) electrons. The number of fused-ring (bicyclic) bond motifs is 1. The molecule has 1 heterocycles. The van der Waals surface area contributed by atoms with Crippen LogP contribution in [0.2, 0.25) is 0 Å². The van der Waals surface area contributed by atoms with E-state index in [2.05, 4.69) is 10.3 Å². The fourth-order valence-electron chi connectivity index (χ4n) is 3.97. The number of anilines is 1. The minimum absolute atomic E-state index is 0.0251. The van der Waals surface area contributed by atoms with Crippen LogP contribution >= 0.6 is 0 Å². The van der Waals surface area contributed by atoms with Crippen molar-refractivity contribution in [1.29, 1.82) is 0 Å². The molecule has 36 heavy (non-hydrogen) atoms. The SMILES string of the molecule is CCN(C(=O)Nc1cccc(C(F)(F)F)c1)C(C)c1nc2ccccc2c(=O)n1-c1ccc(F)cc1. The van der Waals surface area contributed by atoms with E-state index in [-0.39, 0.29) is 18.1 Å². The lowest BCUT2D eigenvalue weighted by molar-refractivity contribution is -0.137. The minimum Gasteiger partial charge on any atom is -0.315 e. The van der Waals surface area contributed by atoms with Gasteiger partial charge in [-0.2, -0.15) is 13.2 Å². The highest BCUT2D eigenvalue weighted by Gasteiger charge is 2.31. The van der Waals surface area contributed by atoms with Gasteiger partial charge in [-0.05, 0) is 68.4 Å².